The van der Waals surface area contributed by atoms with Gasteiger partial charge in [0.2, 0.25) is 11.8 Å². The maximum Gasteiger partial charge on any atom is 0.264 e. The van der Waals surface area contributed by atoms with E-state index in [1.54, 1.807) is 49.4 Å². The third kappa shape index (κ3) is 6.93. The molecule has 1 N–H and O–H groups in total. The molecular weight excluding hydrogens is 557 g/mol. The summed E-state index contributed by atoms with van der Waals surface area (Å²) < 4.78 is 29.1. The lowest BCUT2D eigenvalue weighted by Gasteiger charge is -2.33. The predicted molar refractivity (Wildman–Crippen MR) is 157 cm³/mol. The lowest BCUT2D eigenvalue weighted by molar-refractivity contribution is -0.140. The van der Waals surface area contributed by atoms with Gasteiger partial charge in [0, 0.05) is 13.6 Å². The molecule has 1 unspecified atom stereocenters. The van der Waals surface area contributed by atoms with Gasteiger partial charge in [0.05, 0.1) is 20.6 Å². The molecule has 3 aromatic carbocycles. The molecule has 2 amide bonds. The number of anilines is 1. The highest BCUT2D eigenvalue weighted by atomic mass is 35.5. The van der Waals surface area contributed by atoms with Crippen LogP contribution in [0.15, 0.2) is 65.6 Å². The van der Waals surface area contributed by atoms with Gasteiger partial charge in [-0.3, -0.25) is 13.9 Å². The van der Waals surface area contributed by atoms with Gasteiger partial charge in [-0.1, -0.05) is 66.0 Å². The molecule has 0 bridgehead atoms. The predicted octanol–water partition coefficient (Wildman–Crippen LogP) is 5.67. The number of carbonyl (C=O) groups is 2. The van der Waals surface area contributed by atoms with Crippen molar-refractivity contribution in [1.82, 2.24) is 10.2 Å². The van der Waals surface area contributed by atoms with Crippen molar-refractivity contribution in [3.63, 3.8) is 0 Å². The molecule has 0 aliphatic carbocycles. The summed E-state index contributed by atoms with van der Waals surface area (Å²) in [5.41, 5.74) is 3.57. The fraction of sp³-hybridized carbons (Fsp3) is 0.310. The molecule has 7 nitrogen and oxygen atoms in total. The Labute approximate surface area is 240 Å². The Morgan fingerprint density at radius 1 is 0.949 bits per heavy atom. The van der Waals surface area contributed by atoms with E-state index in [0.717, 1.165) is 21.0 Å². The van der Waals surface area contributed by atoms with Gasteiger partial charge >= 0.3 is 0 Å². The summed E-state index contributed by atoms with van der Waals surface area (Å²) in [6.07, 6.45) is 0.320. The zero-order chi connectivity index (χ0) is 28.9. The van der Waals surface area contributed by atoms with Crippen LogP contribution in [0.25, 0.3) is 0 Å². The minimum atomic E-state index is -4.14. The van der Waals surface area contributed by atoms with Gasteiger partial charge in [0.25, 0.3) is 10.0 Å². The van der Waals surface area contributed by atoms with Crippen LogP contribution >= 0.6 is 23.2 Å². The zero-order valence-electron chi connectivity index (χ0n) is 22.7. The number of carbonyl (C=O) groups excluding carboxylic acids is 2. The van der Waals surface area contributed by atoms with Crippen LogP contribution in [0.4, 0.5) is 5.69 Å². The highest BCUT2D eigenvalue weighted by Gasteiger charge is 2.34. The second kappa shape index (κ2) is 12.9. The first kappa shape index (κ1) is 30.5. The SMILES string of the molecule is CCC(C(=O)NC)N(Cc1ccc(Cl)c(Cl)c1)C(=O)CN(c1cccc(C)c1C)S(=O)(=O)c1ccc(C)cc1. The number of amides is 2. The largest absolute Gasteiger partial charge is 0.357 e. The molecule has 39 heavy (non-hydrogen) atoms. The van der Waals surface area contributed by atoms with Gasteiger partial charge in [-0.05, 0) is 74.2 Å². The Morgan fingerprint density at radius 3 is 2.21 bits per heavy atom. The molecule has 0 saturated heterocycles. The molecule has 3 aromatic rings. The quantitative estimate of drug-likeness (QED) is 0.330. The second-order valence-electron chi connectivity index (χ2n) is 9.35. The van der Waals surface area contributed by atoms with Crippen molar-refractivity contribution < 1.29 is 18.0 Å². The average molecular weight is 591 g/mol. The van der Waals surface area contributed by atoms with Crippen molar-refractivity contribution in [2.45, 2.75) is 51.6 Å². The van der Waals surface area contributed by atoms with Gasteiger partial charge < -0.3 is 10.2 Å². The summed E-state index contributed by atoms with van der Waals surface area (Å²) >= 11 is 12.3. The summed E-state index contributed by atoms with van der Waals surface area (Å²) in [6.45, 7) is 6.89. The molecule has 0 spiro atoms. The van der Waals surface area contributed by atoms with E-state index < -0.39 is 28.5 Å². The number of benzene rings is 3. The second-order valence-corrected chi connectivity index (χ2v) is 12.0. The van der Waals surface area contributed by atoms with Crippen LogP contribution < -0.4 is 9.62 Å². The Morgan fingerprint density at radius 2 is 1.62 bits per heavy atom. The zero-order valence-corrected chi connectivity index (χ0v) is 25.0. The number of aryl methyl sites for hydroxylation is 2. The van der Waals surface area contributed by atoms with Gasteiger partial charge in [-0.25, -0.2) is 8.42 Å². The highest BCUT2D eigenvalue weighted by molar-refractivity contribution is 7.92. The molecule has 10 heteroatoms. The number of rotatable bonds is 10. The van der Waals surface area contributed by atoms with E-state index in [9.17, 15) is 18.0 Å². The highest BCUT2D eigenvalue weighted by Crippen LogP contribution is 2.30. The first-order valence-corrected chi connectivity index (χ1v) is 14.7. The first-order chi connectivity index (χ1) is 18.4. The molecule has 1 atom stereocenters. The summed E-state index contributed by atoms with van der Waals surface area (Å²) in [5, 5.41) is 3.29. The van der Waals surface area contributed by atoms with Crippen molar-refractivity contribution in [2.24, 2.45) is 0 Å². The Kier molecular flexibility index (Phi) is 10.0. The lowest BCUT2D eigenvalue weighted by atomic mass is 10.1. The number of halogens is 2. The molecule has 0 heterocycles. The van der Waals surface area contributed by atoms with E-state index in [2.05, 4.69) is 5.32 Å². The van der Waals surface area contributed by atoms with Crippen molar-refractivity contribution in [3.8, 4) is 0 Å². The fourth-order valence-corrected chi connectivity index (χ4v) is 6.07. The van der Waals surface area contributed by atoms with E-state index in [0.29, 0.717) is 27.7 Å². The molecule has 0 aliphatic heterocycles. The van der Waals surface area contributed by atoms with Crippen LogP contribution in [0.3, 0.4) is 0 Å². The number of sulfonamides is 1. The Hall–Kier alpha value is -3.07. The maximum atomic E-state index is 14.0. The van der Waals surface area contributed by atoms with Crippen molar-refractivity contribution in [2.75, 3.05) is 17.9 Å². The van der Waals surface area contributed by atoms with Gasteiger partial charge in [-0.15, -0.1) is 0 Å². The van der Waals surface area contributed by atoms with Crippen LogP contribution in [-0.2, 0) is 26.2 Å². The Bertz CT molecular complexity index is 1460. The van der Waals surface area contributed by atoms with Gasteiger partial charge in [-0.2, -0.15) is 0 Å². The van der Waals surface area contributed by atoms with Crippen LogP contribution in [0.5, 0.6) is 0 Å². The van der Waals surface area contributed by atoms with Crippen LogP contribution in [0.2, 0.25) is 10.0 Å². The maximum absolute atomic E-state index is 14.0. The molecule has 0 saturated carbocycles. The van der Waals surface area contributed by atoms with Crippen molar-refractivity contribution in [3.05, 3.63) is 93.0 Å². The summed E-state index contributed by atoms with van der Waals surface area (Å²) in [6, 6.07) is 15.9. The number of hydrogen-bond donors (Lipinski definition) is 1. The number of likely N-dealkylation sites (N-methyl/N-ethyl adjacent to an activating group) is 1. The fourth-order valence-electron chi connectivity index (χ4n) is 4.28. The molecule has 0 aliphatic rings. The number of hydrogen-bond acceptors (Lipinski definition) is 4. The lowest BCUT2D eigenvalue weighted by Crippen LogP contribution is -2.51. The van der Waals surface area contributed by atoms with E-state index in [-0.39, 0.29) is 17.3 Å². The number of nitrogens with one attached hydrogen (secondary N) is 1. The van der Waals surface area contributed by atoms with Gasteiger partial charge in [0.1, 0.15) is 12.6 Å². The molecule has 208 valence electrons. The van der Waals surface area contributed by atoms with Crippen molar-refractivity contribution in [1.29, 1.82) is 0 Å². The van der Waals surface area contributed by atoms with Crippen molar-refractivity contribution >= 4 is 50.7 Å². The Balaban J connectivity index is 2.11. The third-order valence-corrected chi connectivity index (χ3v) is 9.21. The normalized spacial score (nSPS) is 12.1. The van der Waals surface area contributed by atoms with E-state index in [1.807, 2.05) is 26.8 Å². The smallest absolute Gasteiger partial charge is 0.264 e. The average Bonchev–Trinajstić information content (AvgIpc) is 2.90. The monoisotopic (exact) mass is 589 g/mol. The number of nitrogens with zero attached hydrogens (tertiary/aromatic N) is 2. The summed E-state index contributed by atoms with van der Waals surface area (Å²) in [4.78, 5) is 28.3. The van der Waals surface area contributed by atoms with Crippen LogP contribution in [0.1, 0.15) is 35.6 Å². The molecular formula is C29H33Cl2N3O4S. The topological polar surface area (TPSA) is 86.8 Å². The molecule has 0 fully saturated rings. The summed E-state index contributed by atoms with van der Waals surface area (Å²) in [5.74, 6) is -0.890. The standard InChI is InChI=1S/C29H33Cl2N3O4S/c1-6-26(29(36)32-5)33(17-22-12-15-24(30)25(31)16-22)28(35)18-34(27-9-7-8-20(3)21(27)4)39(37,38)23-13-10-19(2)11-14-23/h7-16,26H,6,17-18H2,1-5H3,(H,32,36). The minimum absolute atomic E-state index is 0.0346. The molecule has 3 rings (SSSR count). The molecule has 0 aromatic heterocycles. The van der Waals surface area contributed by atoms with Crippen LogP contribution in [0, 0.1) is 20.8 Å². The van der Waals surface area contributed by atoms with E-state index in [4.69, 9.17) is 23.2 Å². The third-order valence-electron chi connectivity index (χ3n) is 6.70. The van der Waals surface area contributed by atoms with E-state index in [1.165, 1.54) is 24.1 Å². The molecule has 0 radical (unpaired) electrons. The first-order valence-electron chi connectivity index (χ1n) is 12.5. The summed E-state index contributed by atoms with van der Waals surface area (Å²) in [7, 11) is -2.64. The van der Waals surface area contributed by atoms with Gasteiger partial charge in [0.15, 0.2) is 0 Å². The van der Waals surface area contributed by atoms with Crippen LogP contribution in [-0.4, -0.2) is 44.8 Å². The minimum Gasteiger partial charge on any atom is -0.357 e. The van der Waals surface area contributed by atoms with E-state index >= 15 is 0 Å².